The van der Waals surface area contributed by atoms with Crippen molar-refractivity contribution in [3.8, 4) is 0 Å². The van der Waals surface area contributed by atoms with E-state index in [1.54, 1.807) is 0 Å². The zero-order valence-corrected chi connectivity index (χ0v) is 30.6. The van der Waals surface area contributed by atoms with Gasteiger partial charge in [-0.1, -0.05) is 115 Å². The van der Waals surface area contributed by atoms with E-state index in [9.17, 15) is 0 Å². The maximum atomic E-state index is 6.21. The third-order valence-corrected chi connectivity index (χ3v) is 20.9. The molecule has 272 valence electrons. The standard InChI is InChI=1S/C28H66O5Si4.6CH4/c1-9-23-35(5)24-11-15-29-19-20-31-17-13-27-37(8,25-10-2)28-14-18-32-22-21-30-16-12-26-36(6,7)33-34(3)4;;;;;;/h34-35H,9-28H2,1-8H3;6*1H4. The number of ether oxygens (including phenoxy) is 4. The van der Waals surface area contributed by atoms with E-state index < -0.39 is 34.2 Å². The van der Waals surface area contributed by atoms with Crippen molar-refractivity contribution in [3.05, 3.63) is 0 Å². The Morgan fingerprint density at radius 3 is 1.23 bits per heavy atom. The van der Waals surface area contributed by atoms with Crippen molar-refractivity contribution in [1.29, 1.82) is 0 Å². The third kappa shape index (κ3) is 40.6. The zero-order chi connectivity index (χ0) is 27.8. The van der Waals surface area contributed by atoms with E-state index in [2.05, 4.69) is 53.1 Å². The lowest BCUT2D eigenvalue weighted by Crippen LogP contribution is -2.35. The van der Waals surface area contributed by atoms with Crippen molar-refractivity contribution < 1.29 is 23.1 Å². The highest BCUT2D eigenvalue weighted by Crippen LogP contribution is 2.26. The van der Waals surface area contributed by atoms with Gasteiger partial charge in [0.2, 0.25) is 0 Å². The molecule has 9 heteroatoms. The summed E-state index contributed by atoms with van der Waals surface area (Å²) in [6, 6.07) is 8.24. The minimum atomic E-state index is -1.46. The maximum absolute atomic E-state index is 6.21. The molecule has 0 amide bonds. The van der Waals surface area contributed by atoms with Gasteiger partial charge in [-0.05, 0) is 57.9 Å². The van der Waals surface area contributed by atoms with Crippen molar-refractivity contribution in [2.24, 2.45) is 0 Å². The Bertz CT molecular complexity index is 501. The van der Waals surface area contributed by atoms with Crippen LogP contribution in [0.15, 0.2) is 0 Å². The van der Waals surface area contributed by atoms with Crippen LogP contribution in [0.25, 0.3) is 0 Å². The van der Waals surface area contributed by atoms with Crippen LogP contribution >= 0.6 is 0 Å². The highest BCUT2D eigenvalue weighted by Gasteiger charge is 2.25. The predicted octanol–water partition coefficient (Wildman–Crippen LogP) is 11.4. The van der Waals surface area contributed by atoms with Crippen molar-refractivity contribution in [1.82, 2.24) is 0 Å². The molecule has 0 spiro atoms. The van der Waals surface area contributed by atoms with Gasteiger partial charge in [0.25, 0.3) is 0 Å². The molecule has 0 fully saturated rings. The Kier molecular flexibility index (Phi) is 53.4. The minimum Gasteiger partial charge on any atom is -0.458 e. The summed E-state index contributed by atoms with van der Waals surface area (Å²) in [6.07, 6.45) is 7.38. The summed E-state index contributed by atoms with van der Waals surface area (Å²) in [7, 11) is -4.03. The topological polar surface area (TPSA) is 46.2 Å². The molecule has 0 aromatic rings. The first-order valence-electron chi connectivity index (χ1n) is 15.6. The predicted molar refractivity (Wildman–Crippen MR) is 214 cm³/mol. The van der Waals surface area contributed by atoms with Gasteiger partial charge in [-0.15, -0.1) is 0 Å². The molecule has 0 saturated heterocycles. The van der Waals surface area contributed by atoms with Gasteiger partial charge in [-0.2, -0.15) is 0 Å². The molecule has 0 aliphatic rings. The first kappa shape index (κ1) is 59.1. The highest BCUT2D eigenvalue weighted by atomic mass is 28.4. The molecule has 5 nitrogen and oxygen atoms in total. The first-order chi connectivity index (χ1) is 17.6. The summed E-state index contributed by atoms with van der Waals surface area (Å²) >= 11 is 0. The van der Waals surface area contributed by atoms with Crippen LogP contribution in [0.1, 0.15) is 96.9 Å². The average Bonchev–Trinajstić information content (AvgIpc) is 2.81. The van der Waals surface area contributed by atoms with Gasteiger partial charge in [-0.25, -0.2) is 0 Å². The van der Waals surface area contributed by atoms with Crippen LogP contribution in [0.4, 0.5) is 0 Å². The summed E-state index contributed by atoms with van der Waals surface area (Å²) < 4.78 is 29.5. The van der Waals surface area contributed by atoms with E-state index in [1.807, 2.05) is 0 Å². The van der Waals surface area contributed by atoms with E-state index >= 15 is 0 Å². The Morgan fingerprint density at radius 1 is 0.465 bits per heavy atom. The molecular weight excluding hydrogens is 601 g/mol. The number of rotatable bonds is 28. The van der Waals surface area contributed by atoms with Crippen molar-refractivity contribution in [2.75, 3.05) is 52.9 Å². The van der Waals surface area contributed by atoms with Crippen LogP contribution in [0.3, 0.4) is 0 Å². The molecule has 0 aliphatic carbocycles. The lowest BCUT2D eigenvalue weighted by molar-refractivity contribution is 0.0475. The lowest BCUT2D eigenvalue weighted by atomic mass is 10.5. The monoisotopic (exact) mass is 691 g/mol. The summed E-state index contributed by atoms with van der Waals surface area (Å²) in [4.78, 5) is 0. The summed E-state index contributed by atoms with van der Waals surface area (Å²) in [5, 5.41) is 0. The molecule has 0 aromatic carbocycles. The quantitative estimate of drug-likeness (QED) is 0.0604. The first-order valence-corrected chi connectivity index (χ1v) is 27.4. The largest absolute Gasteiger partial charge is 0.458 e. The van der Waals surface area contributed by atoms with Crippen LogP contribution in [0.5, 0.6) is 0 Å². The van der Waals surface area contributed by atoms with Gasteiger partial charge < -0.3 is 23.1 Å². The molecule has 2 unspecified atom stereocenters. The van der Waals surface area contributed by atoms with Crippen LogP contribution < -0.4 is 0 Å². The number of hydrogen-bond donors (Lipinski definition) is 0. The Balaban J connectivity index is -0.000000432. The van der Waals surface area contributed by atoms with Crippen LogP contribution in [0.2, 0.25) is 75.5 Å². The summed E-state index contributed by atoms with van der Waals surface area (Å²) in [5.74, 6) is 0. The van der Waals surface area contributed by atoms with E-state index in [4.69, 9.17) is 23.1 Å². The molecule has 0 bridgehead atoms. The SMILES string of the molecule is C.C.C.C.C.C.CCC[SiH](C)CCCOCCOCCC[Si](C)(CCC)CCCOCCOCCC[Si](C)(C)O[SiH](C)C. The Labute approximate surface area is 281 Å². The van der Waals surface area contributed by atoms with Crippen LogP contribution in [-0.4, -0.2) is 87.1 Å². The van der Waals surface area contributed by atoms with Gasteiger partial charge in [0.05, 0.1) is 34.5 Å². The lowest BCUT2D eigenvalue weighted by Gasteiger charge is -2.27. The highest BCUT2D eigenvalue weighted by molar-refractivity contribution is 6.78. The van der Waals surface area contributed by atoms with E-state index in [0.717, 1.165) is 52.7 Å². The molecule has 0 aromatic heterocycles. The van der Waals surface area contributed by atoms with Gasteiger partial charge in [0, 0.05) is 35.2 Å². The minimum absolute atomic E-state index is 0. The molecule has 0 N–H and O–H groups in total. The van der Waals surface area contributed by atoms with Gasteiger partial charge in [0.15, 0.2) is 17.4 Å². The van der Waals surface area contributed by atoms with E-state index in [1.165, 1.54) is 68.4 Å². The molecule has 0 saturated carbocycles. The fraction of sp³-hybridized carbons (Fsp3) is 1.00. The van der Waals surface area contributed by atoms with Crippen LogP contribution in [-0.2, 0) is 23.1 Å². The average molecular weight is 691 g/mol. The molecule has 2 atom stereocenters. The fourth-order valence-corrected chi connectivity index (χ4v) is 18.0. The van der Waals surface area contributed by atoms with Gasteiger partial charge in [0.1, 0.15) is 0 Å². The smallest absolute Gasteiger partial charge is 0.173 e. The second-order valence-corrected chi connectivity index (χ2v) is 27.8. The molecule has 43 heavy (non-hydrogen) atoms. The normalized spacial score (nSPS) is 12.8. The van der Waals surface area contributed by atoms with E-state index in [-0.39, 0.29) is 44.6 Å². The zero-order valence-electron chi connectivity index (χ0n) is 26.3. The van der Waals surface area contributed by atoms with Gasteiger partial charge in [-0.3, -0.25) is 0 Å². The summed E-state index contributed by atoms with van der Waals surface area (Å²) in [5.41, 5.74) is 0. The maximum Gasteiger partial charge on any atom is 0.173 e. The second-order valence-electron chi connectivity index (χ2n) is 12.3. The van der Waals surface area contributed by atoms with E-state index in [0.29, 0.717) is 6.61 Å². The molecule has 0 radical (unpaired) electrons. The van der Waals surface area contributed by atoms with Crippen molar-refractivity contribution in [3.63, 3.8) is 0 Å². The summed E-state index contributed by atoms with van der Waals surface area (Å²) in [6.45, 7) is 25.3. The molecular formula is C34H90O5Si4. The fourth-order valence-electron chi connectivity index (χ4n) is 5.29. The van der Waals surface area contributed by atoms with Crippen LogP contribution in [0, 0.1) is 0 Å². The Morgan fingerprint density at radius 2 is 0.860 bits per heavy atom. The third-order valence-electron chi connectivity index (χ3n) is 7.12. The van der Waals surface area contributed by atoms with Gasteiger partial charge >= 0.3 is 0 Å². The van der Waals surface area contributed by atoms with Crippen molar-refractivity contribution >= 4 is 34.2 Å². The number of hydrogen-bond acceptors (Lipinski definition) is 5. The molecule has 0 heterocycles. The second kappa shape index (κ2) is 38.8. The molecule has 0 aliphatic heterocycles. The Hall–Kier alpha value is 0.668. The van der Waals surface area contributed by atoms with Crippen molar-refractivity contribution in [2.45, 2.75) is 172 Å². The molecule has 0 rings (SSSR count).